The van der Waals surface area contributed by atoms with Gasteiger partial charge in [0, 0.05) is 6.20 Å². The molecule has 22 heavy (non-hydrogen) atoms. The van der Waals surface area contributed by atoms with Gasteiger partial charge < -0.3 is 4.74 Å². The van der Waals surface area contributed by atoms with Crippen LogP contribution in [-0.4, -0.2) is 19.4 Å². The first-order valence-corrected chi connectivity index (χ1v) is 8.28. The zero-order valence-electron chi connectivity index (χ0n) is 11.2. The Morgan fingerprint density at radius 1 is 1.18 bits per heavy atom. The van der Waals surface area contributed by atoms with E-state index in [4.69, 9.17) is 16.3 Å². The fraction of sp³-hybridized carbons (Fsp3) is 0.143. The number of benzene rings is 1. The minimum absolute atomic E-state index is 0.0842. The number of nitrogens with zero attached hydrogens (tertiary/aromatic N) is 1. The van der Waals surface area contributed by atoms with Gasteiger partial charge in [-0.05, 0) is 42.3 Å². The molecular formula is C14H11ClN2O4S. The molecule has 1 N–H and O–H groups in total. The first kappa shape index (κ1) is 14.8. The summed E-state index contributed by atoms with van der Waals surface area (Å²) in [7, 11) is -3.77. The second-order valence-electron chi connectivity index (χ2n) is 4.71. The van der Waals surface area contributed by atoms with Crippen LogP contribution in [0.15, 0.2) is 41.4 Å². The molecule has 1 aromatic heterocycles. The number of pyridine rings is 1. The summed E-state index contributed by atoms with van der Waals surface area (Å²) in [5, 5.41) is 0.415. The lowest BCUT2D eigenvalue weighted by Crippen LogP contribution is -2.18. The SMILES string of the molecule is O=C1CCc2cc(S(=O)(=O)Nc3ccc(Cl)cn3)ccc2O1. The number of rotatable bonds is 3. The Kier molecular flexibility index (Phi) is 3.76. The molecule has 1 aliphatic heterocycles. The fourth-order valence-corrected chi connectivity index (χ4v) is 3.23. The van der Waals surface area contributed by atoms with E-state index < -0.39 is 10.0 Å². The molecule has 3 rings (SSSR count). The molecule has 0 fully saturated rings. The van der Waals surface area contributed by atoms with Gasteiger partial charge in [0.05, 0.1) is 16.3 Å². The van der Waals surface area contributed by atoms with Gasteiger partial charge in [-0.25, -0.2) is 13.4 Å². The second kappa shape index (κ2) is 5.58. The number of aromatic nitrogens is 1. The molecule has 1 aromatic carbocycles. The third-order valence-electron chi connectivity index (χ3n) is 3.13. The summed E-state index contributed by atoms with van der Waals surface area (Å²) in [5.74, 6) is 0.264. The summed E-state index contributed by atoms with van der Waals surface area (Å²) in [5.41, 5.74) is 0.687. The van der Waals surface area contributed by atoms with E-state index in [1.807, 2.05) is 0 Å². The number of hydrogen-bond acceptors (Lipinski definition) is 5. The van der Waals surface area contributed by atoms with Gasteiger partial charge in [0.2, 0.25) is 0 Å². The summed E-state index contributed by atoms with van der Waals surface area (Å²) in [6, 6.07) is 7.38. The van der Waals surface area contributed by atoms with E-state index in [1.54, 1.807) is 6.07 Å². The molecule has 2 aromatic rings. The number of hydrogen-bond donors (Lipinski definition) is 1. The molecule has 0 radical (unpaired) electrons. The van der Waals surface area contributed by atoms with Gasteiger partial charge in [0.1, 0.15) is 11.6 Å². The average molecular weight is 339 g/mol. The lowest BCUT2D eigenvalue weighted by atomic mass is 10.1. The number of fused-ring (bicyclic) bond motifs is 1. The third kappa shape index (κ3) is 3.05. The van der Waals surface area contributed by atoms with E-state index in [0.717, 1.165) is 0 Å². The third-order valence-corrected chi connectivity index (χ3v) is 4.71. The second-order valence-corrected chi connectivity index (χ2v) is 6.83. The Balaban J connectivity index is 1.89. The van der Waals surface area contributed by atoms with Gasteiger partial charge in [-0.1, -0.05) is 11.6 Å². The number of carbonyl (C=O) groups is 1. The normalized spacial score (nSPS) is 14.1. The Hall–Kier alpha value is -2.12. The summed E-state index contributed by atoms with van der Waals surface area (Å²) in [6.45, 7) is 0. The van der Waals surface area contributed by atoms with Crippen molar-refractivity contribution in [2.24, 2.45) is 0 Å². The molecule has 114 valence electrons. The molecule has 0 saturated carbocycles. The summed E-state index contributed by atoms with van der Waals surface area (Å²) >= 11 is 5.71. The molecular weight excluding hydrogens is 328 g/mol. The van der Waals surface area contributed by atoms with Crippen LogP contribution in [0.3, 0.4) is 0 Å². The molecule has 0 bridgehead atoms. The molecule has 1 aliphatic rings. The summed E-state index contributed by atoms with van der Waals surface area (Å²) in [4.78, 5) is 15.2. The summed E-state index contributed by atoms with van der Waals surface area (Å²) in [6.07, 6.45) is 2.05. The highest BCUT2D eigenvalue weighted by Crippen LogP contribution is 2.28. The highest BCUT2D eigenvalue weighted by Gasteiger charge is 2.21. The number of nitrogens with one attached hydrogen (secondary N) is 1. The molecule has 0 saturated heterocycles. The van der Waals surface area contributed by atoms with Crippen molar-refractivity contribution in [3.8, 4) is 5.75 Å². The zero-order valence-corrected chi connectivity index (χ0v) is 12.8. The van der Waals surface area contributed by atoms with E-state index in [2.05, 4.69) is 9.71 Å². The Bertz CT molecular complexity index is 834. The number of anilines is 1. The van der Waals surface area contributed by atoms with E-state index >= 15 is 0 Å². The molecule has 0 spiro atoms. The minimum atomic E-state index is -3.77. The van der Waals surface area contributed by atoms with Crippen LogP contribution in [0.25, 0.3) is 0 Å². The fourth-order valence-electron chi connectivity index (χ4n) is 2.06. The van der Waals surface area contributed by atoms with Gasteiger partial charge in [-0.2, -0.15) is 0 Å². The first-order valence-electron chi connectivity index (χ1n) is 6.42. The van der Waals surface area contributed by atoms with Gasteiger partial charge in [-0.15, -0.1) is 0 Å². The highest BCUT2D eigenvalue weighted by atomic mass is 35.5. The van der Waals surface area contributed by atoms with Crippen LogP contribution in [0.5, 0.6) is 5.75 Å². The lowest BCUT2D eigenvalue weighted by molar-refractivity contribution is -0.135. The number of aryl methyl sites for hydroxylation is 1. The van der Waals surface area contributed by atoms with Crippen molar-refractivity contribution in [1.82, 2.24) is 4.98 Å². The number of halogens is 1. The van der Waals surface area contributed by atoms with Crippen molar-refractivity contribution < 1.29 is 17.9 Å². The minimum Gasteiger partial charge on any atom is -0.426 e. The predicted octanol–water partition coefficient (Wildman–Crippen LogP) is 2.39. The van der Waals surface area contributed by atoms with Gasteiger partial charge >= 0.3 is 5.97 Å². The Morgan fingerprint density at radius 2 is 2.00 bits per heavy atom. The monoisotopic (exact) mass is 338 g/mol. The van der Waals surface area contributed by atoms with E-state index in [1.165, 1.54) is 30.5 Å². The van der Waals surface area contributed by atoms with Crippen molar-refractivity contribution in [3.05, 3.63) is 47.1 Å². The quantitative estimate of drug-likeness (QED) is 0.686. The van der Waals surface area contributed by atoms with Gasteiger partial charge in [0.15, 0.2) is 0 Å². The zero-order chi connectivity index (χ0) is 15.7. The molecule has 2 heterocycles. The van der Waals surface area contributed by atoms with E-state index in [-0.39, 0.29) is 23.1 Å². The van der Waals surface area contributed by atoms with Crippen molar-refractivity contribution in [1.29, 1.82) is 0 Å². The number of sulfonamides is 1. The van der Waals surface area contributed by atoms with E-state index in [0.29, 0.717) is 22.8 Å². The van der Waals surface area contributed by atoms with Crippen LogP contribution >= 0.6 is 11.6 Å². The standard InChI is InChI=1S/C14H11ClN2O4S/c15-10-2-5-13(16-8-10)17-22(19,20)11-3-4-12-9(7-11)1-6-14(18)21-12/h2-5,7-8H,1,6H2,(H,16,17). The predicted molar refractivity (Wildman–Crippen MR) is 80.5 cm³/mol. The maximum atomic E-state index is 12.3. The number of ether oxygens (including phenoxy) is 1. The largest absolute Gasteiger partial charge is 0.426 e. The maximum absolute atomic E-state index is 12.3. The van der Waals surface area contributed by atoms with E-state index in [9.17, 15) is 13.2 Å². The molecule has 6 nitrogen and oxygen atoms in total. The molecule has 8 heteroatoms. The van der Waals surface area contributed by atoms with Crippen molar-refractivity contribution in [2.75, 3.05) is 4.72 Å². The highest BCUT2D eigenvalue weighted by molar-refractivity contribution is 7.92. The molecule has 0 aliphatic carbocycles. The smallest absolute Gasteiger partial charge is 0.311 e. The van der Waals surface area contributed by atoms with Crippen LogP contribution in [0.2, 0.25) is 5.02 Å². The van der Waals surface area contributed by atoms with Crippen LogP contribution in [0, 0.1) is 0 Å². The number of carbonyl (C=O) groups excluding carboxylic acids is 1. The molecule has 0 atom stereocenters. The van der Waals surface area contributed by atoms with Crippen molar-refractivity contribution in [2.45, 2.75) is 17.7 Å². The Morgan fingerprint density at radius 3 is 2.73 bits per heavy atom. The topological polar surface area (TPSA) is 85.4 Å². The average Bonchev–Trinajstić information content (AvgIpc) is 2.49. The number of esters is 1. The maximum Gasteiger partial charge on any atom is 0.311 e. The van der Waals surface area contributed by atoms with Gasteiger partial charge in [-0.3, -0.25) is 9.52 Å². The first-order chi connectivity index (χ1) is 10.4. The van der Waals surface area contributed by atoms with Crippen LogP contribution in [0.1, 0.15) is 12.0 Å². The van der Waals surface area contributed by atoms with Crippen LogP contribution in [-0.2, 0) is 21.2 Å². The van der Waals surface area contributed by atoms with Crippen LogP contribution in [0.4, 0.5) is 5.82 Å². The van der Waals surface area contributed by atoms with Crippen molar-refractivity contribution in [3.63, 3.8) is 0 Å². The molecule has 0 unspecified atom stereocenters. The van der Waals surface area contributed by atoms with Crippen molar-refractivity contribution >= 4 is 33.4 Å². The lowest BCUT2D eigenvalue weighted by Gasteiger charge is -2.16. The van der Waals surface area contributed by atoms with Gasteiger partial charge in [0.25, 0.3) is 10.0 Å². The molecule has 0 amide bonds. The summed E-state index contributed by atoms with van der Waals surface area (Å²) < 4.78 is 32.1. The Labute approximate surface area is 132 Å². The van der Waals surface area contributed by atoms with Crippen LogP contribution < -0.4 is 9.46 Å².